The highest BCUT2D eigenvalue weighted by Crippen LogP contribution is 2.26. The van der Waals surface area contributed by atoms with Gasteiger partial charge in [0.1, 0.15) is 5.82 Å². The lowest BCUT2D eigenvalue weighted by Gasteiger charge is -2.31. The Morgan fingerprint density at radius 3 is 2.64 bits per heavy atom. The van der Waals surface area contributed by atoms with Gasteiger partial charge in [-0.1, -0.05) is 0 Å². The predicted octanol–water partition coefficient (Wildman–Crippen LogP) is 2.94. The van der Waals surface area contributed by atoms with Crippen molar-refractivity contribution in [3.63, 3.8) is 0 Å². The lowest BCUT2D eigenvalue weighted by atomic mass is 10.1. The summed E-state index contributed by atoms with van der Waals surface area (Å²) in [7, 11) is 1.91. The molecule has 0 aliphatic carbocycles. The third-order valence-electron chi connectivity index (χ3n) is 5.05. The molecule has 3 unspecified atom stereocenters. The van der Waals surface area contributed by atoms with Crippen molar-refractivity contribution in [1.29, 1.82) is 0 Å². The van der Waals surface area contributed by atoms with Crippen molar-refractivity contribution in [3.05, 3.63) is 24.0 Å². The molecule has 1 fully saturated rings. The largest absolute Gasteiger partial charge is 0.447 e. The number of amides is 1. The highest BCUT2D eigenvalue weighted by Gasteiger charge is 2.42. The van der Waals surface area contributed by atoms with Gasteiger partial charge in [0.05, 0.1) is 37.3 Å². The summed E-state index contributed by atoms with van der Waals surface area (Å²) in [5.41, 5.74) is 0. The van der Waals surface area contributed by atoms with E-state index in [0.29, 0.717) is 18.9 Å². The topological polar surface area (TPSA) is 76.6 Å². The summed E-state index contributed by atoms with van der Waals surface area (Å²) in [4.78, 5) is 22.3. The fourth-order valence-electron chi connectivity index (χ4n) is 3.61. The first-order chi connectivity index (χ1) is 13.3. The fraction of sp³-hybridized carbons (Fsp3) is 0.750. The third-order valence-corrected chi connectivity index (χ3v) is 5.05. The van der Waals surface area contributed by atoms with Crippen LogP contribution in [0.3, 0.4) is 0 Å². The molecule has 2 heterocycles. The zero-order valence-corrected chi connectivity index (χ0v) is 17.5. The Labute approximate surface area is 167 Å². The van der Waals surface area contributed by atoms with Gasteiger partial charge in [-0.2, -0.15) is 0 Å². The van der Waals surface area contributed by atoms with E-state index in [1.54, 1.807) is 4.90 Å². The third kappa shape index (κ3) is 6.38. The Balaban J connectivity index is 1.83. The maximum atomic E-state index is 12.8. The summed E-state index contributed by atoms with van der Waals surface area (Å²) in [6, 6.07) is 0.215. The van der Waals surface area contributed by atoms with Gasteiger partial charge in [0.25, 0.3) is 0 Å². The minimum atomic E-state index is -0.425. The first-order valence-electron chi connectivity index (χ1n) is 10.1. The number of aromatic nitrogens is 2. The van der Waals surface area contributed by atoms with E-state index in [4.69, 9.17) is 9.47 Å². The molecule has 0 aromatic carbocycles. The van der Waals surface area contributed by atoms with Crippen LogP contribution in [-0.2, 0) is 15.9 Å². The number of likely N-dealkylation sites (tertiary alicyclic amines) is 1. The Bertz CT molecular complexity index is 614. The second-order valence-corrected chi connectivity index (χ2v) is 7.74. The molecule has 1 aliphatic heterocycles. The molecule has 1 N–H and O–H groups in total. The molecule has 1 aliphatic rings. The van der Waals surface area contributed by atoms with E-state index < -0.39 is 5.82 Å². The average Bonchev–Trinajstić information content (AvgIpc) is 2.96. The number of nitrogens with one attached hydrogen (secondary N) is 1. The van der Waals surface area contributed by atoms with E-state index in [0.717, 1.165) is 19.3 Å². The van der Waals surface area contributed by atoms with Gasteiger partial charge in [0, 0.05) is 18.5 Å². The van der Waals surface area contributed by atoms with Gasteiger partial charge in [-0.3, -0.25) is 4.90 Å². The zero-order chi connectivity index (χ0) is 20.7. The second-order valence-electron chi connectivity index (χ2n) is 7.74. The number of halogens is 1. The molecule has 0 saturated carbocycles. The van der Waals surface area contributed by atoms with Crippen molar-refractivity contribution in [2.24, 2.45) is 0 Å². The van der Waals surface area contributed by atoms with Gasteiger partial charge in [0.15, 0.2) is 5.82 Å². The molecule has 1 aromatic rings. The first kappa shape index (κ1) is 22.5. The molecule has 1 aromatic heterocycles. The number of hydrogen-bond acceptors (Lipinski definition) is 6. The molecule has 0 bridgehead atoms. The minimum absolute atomic E-state index is 0.0387. The number of ether oxygens (including phenoxy) is 2. The van der Waals surface area contributed by atoms with Crippen molar-refractivity contribution in [3.8, 4) is 0 Å². The van der Waals surface area contributed by atoms with Crippen LogP contribution in [0.4, 0.5) is 9.18 Å². The smallest absolute Gasteiger partial charge is 0.410 e. The molecule has 4 atom stereocenters. The van der Waals surface area contributed by atoms with E-state index >= 15 is 0 Å². The number of hydrogen-bond donors (Lipinski definition) is 1. The number of carbonyl (C=O) groups excluding carboxylic acids is 1. The Hall–Kier alpha value is -1.80. The van der Waals surface area contributed by atoms with Gasteiger partial charge < -0.3 is 14.8 Å². The Morgan fingerprint density at radius 2 is 2.04 bits per heavy atom. The quantitative estimate of drug-likeness (QED) is 0.692. The summed E-state index contributed by atoms with van der Waals surface area (Å²) < 4.78 is 24.3. The number of aryl methyl sites for hydroxylation is 1. The SMILES string of the molecule is CNC1CC(C)N(C(=O)OC(C)C)C1CO[C@@H](C)CCCc1ncc(F)cn1. The molecule has 158 valence electrons. The number of rotatable bonds is 9. The van der Waals surface area contributed by atoms with Crippen molar-refractivity contribution < 1.29 is 18.7 Å². The van der Waals surface area contributed by atoms with Crippen LogP contribution in [-0.4, -0.2) is 64.9 Å². The van der Waals surface area contributed by atoms with E-state index in [9.17, 15) is 9.18 Å². The summed E-state index contributed by atoms with van der Waals surface area (Å²) in [5.74, 6) is 0.210. The molecule has 1 amide bonds. The minimum Gasteiger partial charge on any atom is -0.447 e. The molecule has 0 spiro atoms. The van der Waals surface area contributed by atoms with Crippen LogP contribution in [0.1, 0.15) is 52.8 Å². The van der Waals surface area contributed by atoms with Crippen LogP contribution in [0.25, 0.3) is 0 Å². The summed E-state index contributed by atoms with van der Waals surface area (Å²) in [6.07, 6.45) is 5.22. The van der Waals surface area contributed by atoms with E-state index in [1.807, 2.05) is 34.7 Å². The molecule has 2 rings (SSSR count). The number of nitrogens with zero attached hydrogens (tertiary/aromatic N) is 3. The average molecular weight is 397 g/mol. The summed E-state index contributed by atoms with van der Waals surface area (Å²) >= 11 is 0. The van der Waals surface area contributed by atoms with Crippen LogP contribution in [0.2, 0.25) is 0 Å². The maximum absolute atomic E-state index is 12.8. The maximum Gasteiger partial charge on any atom is 0.410 e. The lowest BCUT2D eigenvalue weighted by molar-refractivity contribution is 0.00464. The standard InChI is InChI=1S/C20H33FN4O3/c1-13(2)28-20(26)25-14(3)9-17(22-5)18(25)12-27-15(4)7-6-8-19-23-10-16(21)11-24-19/h10-11,13-15,17-18,22H,6-9,12H2,1-5H3/t14?,15-,17?,18?/m0/s1. The summed E-state index contributed by atoms with van der Waals surface area (Å²) in [5, 5.41) is 3.30. The van der Waals surface area contributed by atoms with Gasteiger partial charge in [-0.15, -0.1) is 0 Å². The normalized spacial score (nSPS) is 23.2. The molecular formula is C20H33FN4O3. The monoisotopic (exact) mass is 396 g/mol. The van der Waals surface area contributed by atoms with Crippen LogP contribution in [0.5, 0.6) is 0 Å². The van der Waals surface area contributed by atoms with Crippen molar-refractivity contribution in [1.82, 2.24) is 20.2 Å². The molecular weight excluding hydrogens is 363 g/mol. The molecule has 7 nitrogen and oxygen atoms in total. The van der Waals surface area contributed by atoms with Crippen LogP contribution in [0.15, 0.2) is 12.4 Å². The summed E-state index contributed by atoms with van der Waals surface area (Å²) in [6.45, 7) is 8.23. The van der Waals surface area contributed by atoms with E-state index in [2.05, 4.69) is 15.3 Å². The van der Waals surface area contributed by atoms with Crippen LogP contribution in [0, 0.1) is 5.82 Å². The van der Waals surface area contributed by atoms with Crippen molar-refractivity contribution >= 4 is 6.09 Å². The van der Waals surface area contributed by atoms with Crippen molar-refractivity contribution in [2.75, 3.05) is 13.7 Å². The van der Waals surface area contributed by atoms with Gasteiger partial charge >= 0.3 is 6.09 Å². The first-order valence-corrected chi connectivity index (χ1v) is 10.1. The second kappa shape index (κ2) is 10.7. The zero-order valence-electron chi connectivity index (χ0n) is 17.5. The molecule has 0 radical (unpaired) electrons. The Morgan fingerprint density at radius 1 is 1.36 bits per heavy atom. The molecule has 8 heteroatoms. The Kier molecular flexibility index (Phi) is 8.57. The highest BCUT2D eigenvalue weighted by atomic mass is 19.1. The fourth-order valence-corrected chi connectivity index (χ4v) is 3.61. The van der Waals surface area contributed by atoms with Crippen molar-refractivity contribution in [2.45, 2.75) is 83.7 Å². The van der Waals surface area contributed by atoms with Crippen LogP contribution < -0.4 is 5.32 Å². The van der Waals surface area contributed by atoms with Gasteiger partial charge in [0.2, 0.25) is 0 Å². The van der Waals surface area contributed by atoms with Gasteiger partial charge in [-0.25, -0.2) is 19.2 Å². The number of carbonyl (C=O) groups is 1. The lowest BCUT2D eigenvalue weighted by Crippen LogP contribution is -2.49. The van der Waals surface area contributed by atoms with E-state index in [-0.39, 0.29) is 36.4 Å². The van der Waals surface area contributed by atoms with Gasteiger partial charge in [-0.05, 0) is 54.0 Å². The van der Waals surface area contributed by atoms with Crippen LogP contribution >= 0.6 is 0 Å². The van der Waals surface area contributed by atoms with E-state index in [1.165, 1.54) is 12.4 Å². The number of likely N-dealkylation sites (N-methyl/N-ethyl adjacent to an activating group) is 1. The predicted molar refractivity (Wildman–Crippen MR) is 105 cm³/mol. The molecule has 1 saturated heterocycles. The highest BCUT2D eigenvalue weighted by molar-refractivity contribution is 5.69. The molecule has 28 heavy (non-hydrogen) atoms.